The second-order valence-electron chi connectivity index (χ2n) is 6.00. The quantitative estimate of drug-likeness (QED) is 0.891. The van der Waals surface area contributed by atoms with Crippen molar-refractivity contribution >= 4 is 11.8 Å². The smallest absolute Gasteiger partial charge is 0.306 e. The van der Waals surface area contributed by atoms with Crippen molar-refractivity contribution in [2.24, 2.45) is 5.92 Å². The fourth-order valence-corrected chi connectivity index (χ4v) is 3.41. The van der Waals surface area contributed by atoms with Crippen LogP contribution in [0.2, 0.25) is 0 Å². The van der Waals surface area contributed by atoms with Crippen LogP contribution in [0.5, 0.6) is 0 Å². The van der Waals surface area contributed by atoms with Gasteiger partial charge in [0.1, 0.15) is 11.9 Å². The van der Waals surface area contributed by atoms with E-state index in [1.165, 1.54) is 5.56 Å². The van der Waals surface area contributed by atoms with Gasteiger partial charge in [-0.25, -0.2) is 4.98 Å². The summed E-state index contributed by atoms with van der Waals surface area (Å²) in [5.41, 5.74) is 2.85. The van der Waals surface area contributed by atoms with Crippen molar-refractivity contribution in [1.29, 1.82) is 5.26 Å². The fourth-order valence-electron chi connectivity index (χ4n) is 3.41. The van der Waals surface area contributed by atoms with Crippen LogP contribution in [0.25, 0.3) is 0 Å². The lowest BCUT2D eigenvalue weighted by molar-refractivity contribution is -0.142. The van der Waals surface area contributed by atoms with E-state index < -0.39 is 5.97 Å². The number of hydrogen-bond donors (Lipinski definition) is 2. The Morgan fingerprint density at radius 1 is 1.38 bits per heavy atom. The molecule has 2 aliphatic carbocycles. The van der Waals surface area contributed by atoms with Crippen molar-refractivity contribution < 1.29 is 9.90 Å². The van der Waals surface area contributed by atoms with Crippen LogP contribution in [0, 0.1) is 17.2 Å². The highest BCUT2D eigenvalue weighted by molar-refractivity contribution is 5.70. The van der Waals surface area contributed by atoms with Crippen LogP contribution < -0.4 is 5.32 Å². The molecule has 2 aliphatic rings. The summed E-state index contributed by atoms with van der Waals surface area (Å²) in [6, 6.07) is 4.24. The molecule has 110 valence electrons. The maximum atomic E-state index is 11.1. The standard InChI is InChI=1S/C16H19N3O2/c17-9-12-7-10-3-2-6-14(10)19-15(12)18-13-5-1-4-11(8-13)16(20)21/h7,11,13H,1-6,8H2,(H,18,19)(H,20,21). The topological polar surface area (TPSA) is 86.0 Å². The summed E-state index contributed by atoms with van der Waals surface area (Å²) in [7, 11) is 0. The van der Waals surface area contributed by atoms with Gasteiger partial charge in [-0.2, -0.15) is 5.26 Å². The molecule has 0 spiro atoms. The van der Waals surface area contributed by atoms with Gasteiger partial charge in [-0.3, -0.25) is 4.79 Å². The van der Waals surface area contributed by atoms with Crippen LogP contribution in [-0.2, 0) is 17.6 Å². The number of nitrogens with zero attached hydrogens (tertiary/aromatic N) is 2. The Labute approximate surface area is 124 Å². The lowest BCUT2D eigenvalue weighted by Gasteiger charge is -2.28. The minimum Gasteiger partial charge on any atom is -0.481 e. The molecule has 1 saturated carbocycles. The van der Waals surface area contributed by atoms with Crippen molar-refractivity contribution in [1.82, 2.24) is 4.98 Å². The van der Waals surface area contributed by atoms with Crippen LogP contribution in [0.3, 0.4) is 0 Å². The largest absolute Gasteiger partial charge is 0.481 e. The number of nitriles is 1. The third-order valence-corrected chi connectivity index (χ3v) is 4.54. The third kappa shape index (κ3) is 2.85. The summed E-state index contributed by atoms with van der Waals surface area (Å²) in [5, 5.41) is 21.8. The number of aryl methyl sites for hydroxylation is 2. The number of anilines is 1. The molecule has 2 atom stereocenters. The van der Waals surface area contributed by atoms with Crippen LogP contribution >= 0.6 is 0 Å². The van der Waals surface area contributed by atoms with Crippen LogP contribution in [-0.4, -0.2) is 22.1 Å². The number of fused-ring (bicyclic) bond motifs is 1. The number of rotatable bonds is 3. The molecule has 0 aliphatic heterocycles. The van der Waals surface area contributed by atoms with Crippen molar-refractivity contribution in [3.05, 3.63) is 22.9 Å². The average molecular weight is 285 g/mol. The van der Waals surface area contributed by atoms with Gasteiger partial charge in [-0.15, -0.1) is 0 Å². The van der Waals surface area contributed by atoms with E-state index in [1.807, 2.05) is 6.07 Å². The molecule has 0 radical (unpaired) electrons. The molecule has 1 aromatic heterocycles. The van der Waals surface area contributed by atoms with Gasteiger partial charge in [0.2, 0.25) is 0 Å². The van der Waals surface area contributed by atoms with E-state index in [1.54, 1.807) is 0 Å². The molecule has 0 saturated heterocycles. The lowest BCUT2D eigenvalue weighted by atomic mass is 9.86. The number of hydrogen-bond acceptors (Lipinski definition) is 4. The van der Waals surface area contributed by atoms with Gasteiger partial charge in [-0.1, -0.05) is 6.42 Å². The number of aliphatic carboxylic acids is 1. The Kier molecular flexibility index (Phi) is 3.78. The minimum atomic E-state index is -0.719. The second kappa shape index (κ2) is 5.72. The van der Waals surface area contributed by atoms with Gasteiger partial charge in [0.25, 0.3) is 0 Å². The van der Waals surface area contributed by atoms with E-state index in [2.05, 4.69) is 16.4 Å². The van der Waals surface area contributed by atoms with Gasteiger partial charge in [-0.05, 0) is 50.2 Å². The molecule has 2 unspecified atom stereocenters. The number of nitrogens with one attached hydrogen (secondary N) is 1. The summed E-state index contributed by atoms with van der Waals surface area (Å²) >= 11 is 0. The van der Waals surface area contributed by atoms with E-state index in [0.717, 1.165) is 44.2 Å². The summed E-state index contributed by atoms with van der Waals surface area (Å²) in [4.78, 5) is 15.7. The van der Waals surface area contributed by atoms with Gasteiger partial charge in [0.15, 0.2) is 0 Å². The fraction of sp³-hybridized carbons (Fsp3) is 0.562. The molecular weight excluding hydrogens is 266 g/mol. The molecule has 0 aromatic carbocycles. The average Bonchev–Trinajstić information content (AvgIpc) is 2.93. The van der Waals surface area contributed by atoms with Gasteiger partial charge in [0, 0.05) is 11.7 Å². The zero-order valence-corrected chi connectivity index (χ0v) is 11.9. The molecular formula is C16H19N3O2. The first kappa shape index (κ1) is 13.9. The predicted octanol–water partition coefficient (Wildman–Crippen LogP) is 2.50. The van der Waals surface area contributed by atoms with E-state index in [-0.39, 0.29) is 12.0 Å². The monoisotopic (exact) mass is 285 g/mol. The molecule has 1 fully saturated rings. The lowest BCUT2D eigenvalue weighted by Crippen LogP contribution is -2.31. The zero-order chi connectivity index (χ0) is 14.8. The van der Waals surface area contributed by atoms with E-state index in [4.69, 9.17) is 5.11 Å². The van der Waals surface area contributed by atoms with Crippen molar-refractivity contribution in [3.8, 4) is 6.07 Å². The third-order valence-electron chi connectivity index (χ3n) is 4.54. The van der Waals surface area contributed by atoms with Gasteiger partial charge >= 0.3 is 5.97 Å². The zero-order valence-electron chi connectivity index (χ0n) is 11.9. The number of aromatic nitrogens is 1. The van der Waals surface area contributed by atoms with Crippen molar-refractivity contribution in [2.45, 2.75) is 51.0 Å². The number of pyridine rings is 1. The Bertz CT molecular complexity index is 606. The Balaban J connectivity index is 1.78. The highest BCUT2D eigenvalue weighted by atomic mass is 16.4. The maximum Gasteiger partial charge on any atom is 0.306 e. The SMILES string of the molecule is N#Cc1cc2c(nc1NC1CCCC(C(=O)O)C1)CCC2. The van der Waals surface area contributed by atoms with E-state index in [0.29, 0.717) is 17.8 Å². The minimum absolute atomic E-state index is 0.0962. The first-order chi connectivity index (χ1) is 10.2. The van der Waals surface area contributed by atoms with Gasteiger partial charge in [0.05, 0.1) is 11.5 Å². The molecule has 0 bridgehead atoms. The molecule has 2 N–H and O–H groups in total. The van der Waals surface area contributed by atoms with E-state index >= 15 is 0 Å². The summed E-state index contributed by atoms with van der Waals surface area (Å²) in [5.74, 6) is -0.366. The number of carbonyl (C=O) groups is 1. The first-order valence-electron chi connectivity index (χ1n) is 7.59. The second-order valence-corrected chi connectivity index (χ2v) is 6.00. The van der Waals surface area contributed by atoms with Crippen LogP contribution in [0.15, 0.2) is 6.07 Å². The first-order valence-corrected chi connectivity index (χ1v) is 7.59. The predicted molar refractivity (Wildman–Crippen MR) is 78.0 cm³/mol. The summed E-state index contributed by atoms with van der Waals surface area (Å²) < 4.78 is 0. The summed E-state index contributed by atoms with van der Waals surface area (Å²) in [6.45, 7) is 0. The van der Waals surface area contributed by atoms with Crippen molar-refractivity contribution in [3.63, 3.8) is 0 Å². The molecule has 1 heterocycles. The highest BCUT2D eigenvalue weighted by Gasteiger charge is 2.28. The van der Waals surface area contributed by atoms with Crippen molar-refractivity contribution in [2.75, 3.05) is 5.32 Å². The van der Waals surface area contributed by atoms with Crippen LogP contribution in [0.1, 0.15) is 48.9 Å². The normalized spacial score (nSPS) is 24.1. The Morgan fingerprint density at radius 2 is 2.24 bits per heavy atom. The molecule has 5 heteroatoms. The molecule has 21 heavy (non-hydrogen) atoms. The maximum absolute atomic E-state index is 11.1. The molecule has 5 nitrogen and oxygen atoms in total. The van der Waals surface area contributed by atoms with E-state index in [9.17, 15) is 10.1 Å². The summed E-state index contributed by atoms with van der Waals surface area (Å²) in [6.07, 6.45) is 6.27. The molecule has 1 aromatic rings. The molecule has 3 rings (SSSR count). The number of carboxylic acids is 1. The Morgan fingerprint density at radius 3 is 3.00 bits per heavy atom. The number of carboxylic acid groups (broad SMARTS) is 1. The highest BCUT2D eigenvalue weighted by Crippen LogP contribution is 2.29. The Hall–Kier alpha value is -2.09. The van der Waals surface area contributed by atoms with Gasteiger partial charge < -0.3 is 10.4 Å². The molecule has 0 amide bonds. The van der Waals surface area contributed by atoms with Crippen LogP contribution in [0.4, 0.5) is 5.82 Å².